The van der Waals surface area contributed by atoms with Crippen LogP contribution in [0.3, 0.4) is 0 Å². The second kappa shape index (κ2) is 6.19. The summed E-state index contributed by atoms with van der Waals surface area (Å²) in [5, 5.41) is 7.77. The molecule has 4 rings (SSSR count). The Hall–Kier alpha value is -2.68. The van der Waals surface area contributed by atoms with E-state index in [1.54, 1.807) is 24.3 Å². The Morgan fingerprint density at radius 3 is 2.44 bits per heavy atom. The van der Waals surface area contributed by atoms with Crippen LogP contribution in [0.15, 0.2) is 35.0 Å². The molecule has 0 radical (unpaired) electrons. The van der Waals surface area contributed by atoms with Gasteiger partial charge in [-0.1, -0.05) is 35.7 Å². The van der Waals surface area contributed by atoms with Gasteiger partial charge in [0, 0.05) is 0 Å². The van der Waals surface area contributed by atoms with Crippen molar-refractivity contribution >= 4 is 0 Å². The van der Waals surface area contributed by atoms with Crippen LogP contribution in [0.1, 0.15) is 42.8 Å². The van der Waals surface area contributed by atoms with E-state index >= 15 is 0 Å². The number of hydrogen-bond donors (Lipinski definition) is 1. The van der Waals surface area contributed by atoms with Crippen molar-refractivity contribution in [2.45, 2.75) is 44.3 Å². The molecular formula is C18H18F3N5O. The third-order valence-corrected chi connectivity index (χ3v) is 4.91. The van der Waals surface area contributed by atoms with Gasteiger partial charge < -0.3 is 10.3 Å². The van der Waals surface area contributed by atoms with Crippen LogP contribution < -0.4 is 5.73 Å². The first-order chi connectivity index (χ1) is 12.8. The topological polar surface area (TPSA) is 82.8 Å². The lowest BCUT2D eigenvalue weighted by molar-refractivity contribution is -0.142. The fourth-order valence-electron chi connectivity index (χ4n) is 3.42. The molecule has 0 atom stereocenters. The predicted molar refractivity (Wildman–Crippen MR) is 90.9 cm³/mol. The third kappa shape index (κ3) is 3.12. The first kappa shape index (κ1) is 17.7. The highest BCUT2D eigenvalue weighted by Gasteiger charge is 2.42. The van der Waals surface area contributed by atoms with E-state index in [1.807, 2.05) is 6.92 Å². The van der Waals surface area contributed by atoms with Gasteiger partial charge in [0.2, 0.25) is 0 Å². The van der Waals surface area contributed by atoms with Crippen molar-refractivity contribution in [1.82, 2.24) is 19.9 Å². The fraction of sp³-hybridized carbons (Fsp3) is 0.389. The van der Waals surface area contributed by atoms with Crippen LogP contribution in [0.5, 0.6) is 0 Å². The lowest BCUT2D eigenvalue weighted by Gasteiger charge is -2.17. The molecule has 2 N–H and O–H groups in total. The summed E-state index contributed by atoms with van der Waals surface area (Å²) >= 11 is 0. The average molecular weight is 377 g/mol. The van der Waals surface area contributed by atoms with E-state index < -0.39 is 17.4 Å². The first-order valence-corrected chi connectivity index (χ1v) is 8.64. The van der Waals surface area contributed by atoms with Gasteiger partial charge in [0.05, 0.1) is 23.0 Å². The number of hydrogen-bond acceptors (Lipinski definition) is 5. The molecule has 2 heterocycles. The molecule has 0 spiro atoms. The third-order valence-electron chi connectivity index (χ3n) is 4.91. The quantitative estimate of drug-likeness (QED) is 0.747. The molecule has 142 valence electrons. The van der Waals surface area contributed by atoms with E-state index in [9.17, 15) is 13.2 Å². The summed E-state index contributed by atoms with van der Waals surface area (Å²) in [7, 11) is 0. The van der Waals surface area contributed by atoms with E-state index in [0.29, 0.717) is 18.5 Å². The van der Waals surface area contributed by atoms with E-state index in [2.05, 4.69) is 15.2 Å². The maximum atomic E-state index is 13.8. The van der Waals surface area contributed by atoms with Crippen LogP contribution >= 0.6 is 0 Å². The normalized spacial score (nSPS) is 16.8. The minimum Gasteiger partial charge on any atom is -0.334 e. The number of rotatable bonds is 3. The number of benzene rings is 1. The molecule has 6 nitrogen and oxygen atoms in total. The zero-order chi connectivity index (χ0) is 19.2. The summed E-state index contributed by atoms with van der Waals surface area (Å²) < 4.78 is 47.4. The molecule has 1 aliphatic rings. The molecule has 9 heteroatoms. The summed E-state index contributed by atoms with van der Waals surface area (Å²) in [5.74, 6) is 0.0126. The molecule has 0 aliphatic heterocycles. The maximum absolute atomic E-state index is 13.8. The molecule has 1 aliphatic carbocycles. The van der Waals surface area contributed by atoms with Crippen LogP contribution in [-0.2, 0) is 11.7 Å². The largest absolute Gasteiger partial charge is 0.434 e. The van der Waals surface area contributed by atoms with Crippen molar-refractivity contribution in [2.75, 3.05) is 0 Å². The Kier molecular flexibility index (Phi) is 4.06. The number of aromatic nitrogens is 4. The minimum atomic E-state index is -4.65. The Labute approximate surface area is 153 Å². The Balaban J connectivity index is 1.80. The van der Waals surface area contributed by atoms with Crippen molar-refractivity contribution in [3.05, 3.63) is 47.5 Å². The molecule has 0 bridgehead atoms. The highest BCUT2D eigenvalue weighted by molar-refractivity contribution is 5.58. The van der Waals surface area contributed by atoms with E-state index in [1.165, 1.54) is 0 Å². The predicted octanol–water partition coefficient (Wildman–Crippen LogP) is 3.98. The molecule has 1 fully saturated rings. The number of halogens is 3. The van der Waals surface area contributed by atoms with Crippen LogP contribution in [0.25, 0.3) is 17.1 Å². The Morgan fingerprint density at radius 2 is 1.81 bits per heavy atom. The molecule has 3 aromatic rings. The number of nitrogens with zero attached hydrogens (tertiary/aromatic N) is 4. The molecular weight excluding hydrogens is 359 g/mol. The van der Waals surface area contributed by atoms with Crippen molar-refractivity contribution in [3.8, 4) is 17.1 Å². The SMILES string of the molecule is Cc1ccc(-n2ncc(-c3nc(C4(N)CCCC4)no3)c2C(F)(F)F)cc1. The van der Waals surface area contributed by atoms with Crippen molar-refractivity contribution < 1.29 is 17.7 Å². The summed E-state index contributed by atoms with van der Waals surface area (Å²) in [5.41, 5.74) is 5.55. The molecule has 2 aromatic heterocycles. The molecule has 1 saturated carbocycles. The van der Waals surface area contributed by atoms with E-state index in [-0.39, 0.29) is 17.3 Å². The molecule has 0 saturated heterocycles. The average Bonchev–Trinajstić information content (AvgIpc) is 3.33. The number of aryl methyl sites for hydroxylation is 1. The standard InChI is InChI=1S/C18H18F3N5O/c1-11-4-6-12(7-5-11)26-14(18(19,20)21)13(10-23-26)15-24-16(25-27-15)17(22)8-2-3-9-17/h4-7,10H,2-3,8-9,22H2,1H3. The second-order valence-corrected chi connectivity index (χ2v) is 6.94. The van der Waals surface area contributed by atoms with Gasteiger partial charge in [0.1, 0.15) is 0 Å². The number of alkyl halides is 3. The maximum Gasteiger partial charge on any atom is 0.434 e. The minimum absolute atomic E-state index is 0.229. The Bertz CT molecular complexity index is 952. The molecule has 27 heavy (non-hydrogen) atoms. The van der Waals surface area contributed by atoms with Crippen molar-refractivity contribution in [2.24, 2.45) is 5.73 Å². The van der Waals surface area contributed by atoms with Gasteiger partial charge in [-0.2, -0.15) is 23.3 Å². The fourth-order valence-corrected chi connectivity index (χ4v) is 3.42. The van der Waals surface area contributed by atoms with Gasteiger partial charge in [0.25, 0.3) is 5.89 Å². The van der Waals surface area contributed by atoms with Crippen LogP contribution in [-0.4, -0.2) is 19.9 Å². The lowest BCUT2D eigenvalue weighted by atomic mass is 9.99. The monoisotopic (exact) mass is 377 g/mol. The van der Waals surface area contributed by atoms with Crippen LogP contribution in [0, 0.1) is 6.92 Å². The highest BCUT2D eigenvalue weighted by Crippen LogP contribution is 2.39. The van der Waals surface area contributed by atoms with Gasteiger partial charge in [-0.3, -0.25) is 0 Å². The summed E-state index contributed by atoms with van der Waals surface area (Å²) in [6.07, 6.45) is -0.336. The Morgan fingerprint density at radius 1 is 1.15 bits per heavy atom. The van der Waals surface area contributed by atoms with E-state index in [0.717, 1.165) is 29.3 Å². The molecule has 0 unspecified atom stereocenters. The van der Waals surface area contributed by atoms with Gasteiger partial charge in [0.15, 0.2) is 11.5 Å². The van der Waals surface area contributed by atoms with E-state index in [4.69, 9.17) is 10.3 Å². The smallest absolute Gasteiger partial charge is 0.334 e. The summed E-state index contributed by atoms with van der Waals surface area (Å²) in [4.78, 5) is 4.17. The zero-order valence-electron chi connectivity index (χ0n) is 14.6. The lowest BCUT2D eigenvalue weighted by Crippen LogP contribution is -2.34. The zero-order valence-corrected chi connectivity index (χ0v) is 14.6. The van der Waals surface area contributed by atoms with Gasteiger partial charge in [-0.15, -0.1) is 0 Å². The van der Waals surface area contributed by atoms with Gasteiger partial charge >= 0.3 is 6.18 Å². The second-order valence-electron chi connectivity index (χ2n) is 6.94. The summed E-state index contributed by atoms with van der Waals surface area (Å²) in [6, 6.07) is 6.60. The first-order valence-electron chi connectivity index (χ1n) is 8.64. The molecule has 0 amide bonds. The van der Waals surface area contributed by atoms with Gasteiger partial charge in [-0.25, -0.2) is 4.68 Å². The number of nitrogens with two attached hydrogens (primary N) is 1. The highest BCUT2D eigenvalue weighted by atomic mass is 19.4. The van der Waals surface area contributed by atoms with Crippen LogP contribution in [0.4, 0.5) is 13.2 Å². The van der Waals surface area contributed by atoms with Gasteiger partial charge in [-0.05, 0) is 31.9 Å². The molecule has 1 aromatic carbocycles. The van der Waals surface area contributed by atoms with Crippen molar-refractivity contribution in [1.29, 1.82) is 0 Å². The van der Waals surface area contributed by atoms with Crippen molar-refractivity contribution in [3.63, 3.8) is 0 Å². The summed E-state index contributed by atoms with van der Waals surface area (Å²) in [6.45, 7) is 1.86. The van der Waals surface area contributed by atoms with Crippen LogP contribution in [0.2, 0.25) is 0 Å².